The average molecular weight is 365 g/mol. The largest absolute Gasteiger partial charge is 0.495 e. The molecule has 2 amide bonds. The van der Waals surface area contributed by atoms with E-state index in [0.717, 1.165) is 17.5 Å². The molecule has 27 heavy (non-hydrogen) atoms. The molecule has 0 radical (unpaired) electrons. The normalized spacial score (nSPS) is 9.78. The molecule has 0 unspecified atom stereocenters. The minimum absolute atomic E-state index is 0.360. The minimum Gasteiger partial charge on any atom is -0.495 e. The van der Waals surface area contributed by atoms with Crippen molar-refractivity contribution in [1.82, 2.24) is 0 Å². The molecule has 0 bridgehead atoms. The number of carbonyl (C=O) groups is 1. The Bertz CT molecular complexity index is 836. The number of methoxy groups -OCH3 is 1. The summed E-state index contributed by atoms with van der Waals surface area (Å²) in [5.74, 6) is 0.419. The highest BCUT2D eigenvalue weighted by molar-refractivity contribution is 6.00. The van der Waals surface area contributed by atoms with Gasteiger partial charge >= 0.3 is 6.03 Å². The van der Waals surface area contributed by atoms with Crippen molar-refractivity contribution in [3.05, 3.63) is 59.2 Å². The number of nitrogens with zero attached hydrogens (tertiary/aromatic N) is 1. The molecule has 2 N–H and O–H groups in total. The lowest BCUT2D eigenvalue weighted by Crippen LogP contribution is -2.19. The van der Waals surface area contributed by atoms with Crippen molar-refractivity contribution in [3.63, 3.8) is 0 Å². The SMILES string of the molecule is CC.CC/C=C\c1cc(NC(=O)Nc2ccc(C#N)c(OC)c2)ccc1C. The van der Waals surface area contributed by atoms with Gasteiger partial charge in [-0.15, -0.1) is 0 Å². The van der Waals surface area contributed by atoms with Gasteiger partial charge in [-0.05, 0) is 48.7 Å². The number of hydrogen-bond donors (Lipinski definition) is 2. The Morgan fingerprint density at radius 2 is 1.78 bits per heavy atom. The van der Waals surface area contributed by atoms with Gasteiger partial charge in [-0.25, -0.2) is 4.79 Å². The van der Waals surface area contributed by atoms with Crippen molar-refractivity contribution >= 4 is 23.5 Å². The molecular weight excluding hydrogens is 338 g/mol. The van der Waals surface area contributed by atoms with Gasteiger partial charge in [-0.1, -0.05) is 39.0 Å². The van der Waals surface area contributed by atoms with Crippen molar-refractivity contribution in [1.29, 1.82) is 5.26 Å². The second-order valence-corrected chi connectivity index (χ2v) is 5.49. The first-order valence-corrected chi connectivity index (χ1v) is 9.00. The maximum Gasteiger partial charge on any atom is 0.323 e. The van der Waals surface area contributed by atoms with Crippen LogP contribution in [0.2, 0.25) is 0 Å². The first-order valence-electron chi connectivity index (χ1n) is 9.00. The third kappa shape index (κ3) is 6.52. The van der Waals surface area contributed by atoms with Crippen LogP contribution in [0, 0.1) is 18.3 Å². The van der Waals surface area contributed by atoms with Crippen LogP contribution in [0.15, 0.2) is 42.5 Å². The van der Waals surface area contributed by atoms with Crippen LogP contribution in [-0.4, -0.2) is 13.1 Å². The fraction of sp³-hybridized carbons (Fsp3) is 0.273. The summed E-state index contributed by atoms with van der Waals surface area (Å²) < 4.78 is 5.14. The molecule has 0 aliphatic rings. The van der Waals surface area contributed by atoms with Crippen molar-refractivity contribution in [2.45, 2.75) is 34.1 Å². The van der Waals surface area contributed by atoms with Crippen LogP contribution in [0.25, 0.3) is 6.08 Å². The van der Waals surface area contributed by atoms with E-state index in [-0.39, 0.29) is 6.03 Å². The number of aryl methyl sites for hydroxylation is 1. The molecule has 142 valence electrons. The molecule has 0 aromatic heterocycles. The van der Waals surface area contributed by atoms with E-state index in [1.807, 2.05) is 51.1 Å². The van der Waals surface area contributed by atoms with E-state index in [1.165, 1.54) is 7.11 Å². The quantitative estimate of drug-likeness (QED) is 0.685. The zero-order valence-corrected chi connectivity index (χ0v) is 16.6. The number of nitrogens with one attached hydrogen (secondary N) is 2. The monoisotopic (exact) mass is 365 g/mol. The van der Waals surface area contributed by atoms with Gasteiger partial charge in [0.1, 0.15) is 11.8 Å². The highest BCUT2D eigenvalue weighted by atomic mass is 16.5. The third-order valence-corrected chi connectivity index (χ3v) is 3.65. The van der Waals surface area contributed by atoms with Gasteiger partial charge < -0.3 is 15.4 Å². The number of hydrogen-bond acceptors (Lipinski definition) is 3. The molecule has 0 aliphatic carbocycles. The van der Waals surface area contributed by atoms with Gasteiger partial charge in [0.05, 0.1) is 12.7 Å². The second kappa shape index (κ2) is 11.4. The Morgan fingerprint density at radius 1 is 1.15 bits per heavy atom. The van der Waals surface area contributed by atoms with E-state index < -0.39 is 0 Å². The summed E-state index contributed by atoms with van der Waals surface area (Å²) in [7, 11) is 1.48. The van der Waals surface area contributed by atoms with Crippen molar-refractivity contribution in [3.8, 4) is 11.8 Å². The maximum absolute atomic E-state index is 12.2. The Morgan fingerprint density at radius 3 is 2.37 bits per heavy atom. The van der Waals surface area contributed by atoms with Gasteiger partial charge in [-0.2, -0.15) is 5.26 Å². The Hall–Kier alpha value is -3.26. The lowest BCUT2D eigenvalue weighted by atomic mass is 10.1. The van der Waals surface area contributed by atoms with E-state index in [0.29, 0.717) is 22.7 Å². The molecule has 2 aromatic rings. The smallest absolute Gasteiger partial charge is 0.323 e. The molecule has 5 nitrogen and oxygen atoms in total. The molecule has 0 spiro atoms. The van der Waals surface area contributed by atoms with Crippen LogP contribution in [0.5, 0.6) is 5.75 Å². The van der Waals surface area contributed by atoms with E-state index in [9.17, 15) is 4.79 Å². The number of rotatable bonds is 5. The van der Waals surface area contributed by atoms with Crippen LogP contribution < -0.4 is 15.4 Å². The minimum atomic E-state index is -0.360. The summed E-state index contributed by atoms with van der Waals surface area (Å²) in [5, 5.41) is 14.5. The number of anilines is 2. The molecule has 0 saturated heterocycles. The van der Waals surface area contributed by atoms with Crippen LogP contribution >= 0.6 is 0 Å². The van der Waals surface area contributed by atoms with Crippen molar-refractivity contribution < 1.29 is 9.53 Å². The average Bonchev–Trinajstić information content (AvgIpc) is 2.69. The Kier molecular flexibility index (Phi) is 9.18. The van der Waals surface area contributed by atoms with Gasteiger partial charge in [-0.3, -0.25) is 0 Å². The van der Waals surface area contributed by atoms with Crippen LogP contribution in [0.4, 0.5) is 16.2 Å². The Labute approximate surface area is 161 Å². The third-order valence-electron chi connectivity index (χ3n) is 3.65. The van der Waals surface area contributed by atoms with Gasteiger partial charge in [0.2, 0.25) is 0 Å². The summed E-state index contributed by atoms with van der Waals surface area (Å²) in [5.41, 5.74) is 3.89. The summed E-state index contributed by atoms with van der Waals surface area (Å²) in [6.07, 6.45) is 5.08. The first kappa shape index (κ1) is 21.8. The molecule has 0 saturated carbocycles. The highest BCUT2D eigenvalue weighted by Gasteiger charge is 2.07. The van der Waals surface area contributed by atoms with E-state index >= 15 is 0 Å². The molecule has 0 atom stereocenters. The predicted molar refractivity (Wildman–Crippen MR) is 112 cm³/mol. The summed E-state index contributed by atoms with van der Waals surface area (Å²) in [4.78, 5) is 12.2. The lowest BCUT2D eigenvalue weighted by Gasteiger charge is -2.11. The molecular formula is C22H27N3O2. The fourth-order valence-corrected chi connectivity index (χ4v) is 2.30. The van der Waals surface area contributed by atoms with E-state index in [2.05, 4.69) is 23.6 Å². The topological polar surface area (TPSA) is 74.2 Å². The molecule has 0 heterocycles. The van der Waals surface area contributed by atoms with E-state index in [4.69, 9.17) is 10.00 Å². The van der Waals surface area contributed by atoms with Gasteiger partial charge in [0.25, 0.3) is 0 Å². The summed E-state index contributed by atoms with van der Waals surface area (Å²) >= 11 is 0. The highest BCUT2D eigenvalue weighted by Crippen LogP contribution is 2.23. The zero-order valence-electron chi connectivity index (χ0n) is 16.6. The lowest BCUT2D eigenvalue weighted by molar-refractivity contribution is 0.262. The number of amides is 2. The number of urea groups is 1. The fourth-order valence-electron chi connectivity index (χ4n) is 2.30. The standard InChI is InChI=1S/C20H21N3O2.C2H6/c1-4-5-6-15-11-17(9-7-14(15)2)22-20(24)23-18-10-8-16(13-21)19(12-18)25-3;1-2/h5-12H,4H2,1-3H3,(H2,22,23,24);1-2H3/b6-5-;. The molecule has 5 heteroatoms. The van der Waals surface area contributed by atoms with Crippen molar-refractivity contribution in [2.75, 3.05) is 17.7 Å². The van der Waals surface area contributed by atoms with Crippen LogP contribution in [-0.2, 0) is 0 Å². The zero-order chi connectivity index (χ0) is 20.2. The molecule has 0 fully saturated rings. The van der Waals surface area contributed by atoms with E-state index in [1.54, 1.807) is 18.2 Å². The molecule has 2 aromatic carbocycles. The predicted octanol–water partition coefficient (Wildman–Crippen LogP) is 5.97. The number of benzene rings is 2. The summed E-state index contributed by atoms with van der Waals surface area (Å²) in [6, 6.07) is 12.3. The second-order valence-electron chi connectivity index (χ2n) is 5.49. The summed E-state index contributed by atoms with van der Waals surface area (Å²) in [6.45, 7) is 8.11. The van der Waals surface area contributed by atoms with Crippen molar-refractivity contribution in [2.24, 2.45) is 0 Å². The van der Waals surface area contributed by atoms with Crippen LogP contribution in [0.3, 0.4) is 0 Å². The van der Waals surface area contributed by atoms with Gasteiger partial charge in [0.15, 0.2) is 0 Å². The molecule has 0 aliphatic heterocycles. The number of nitriles is 1. The number of ether oxygens (including phenoxy) is 1. The van der Waals surface area contributed by atoms with Crippen LogP contribution in [0.1, 0.15) is 43.9 Å². The number of carbonyl (C=O) groups excluding carboxylic acids is 1. The van der Waals surface area contributed by atoms with Gasteiger partial charge in [0, 0.05) is 17.4 Å². The first-order chi connectivity index (χ1) is 13.1. The maximum atomic E-state index is 12.2. The number of allylic oxidation sites excluding steroid dienone is 1. The Balaban J connectivity index is 0.00000176. The molecule has 2 rings (SSSR count).